The number of hydrogen-bond donors (Lipinski definition) is 0. The number of hydrogen-bond acceptors (Lipinski definition) is 5. The van der Waals surface area contributed by atoms with Crippen LogP contribution in [0.25, 0.3) is 0 Å². The predicted octanol–water partition coefficient (Wildman–Crippen LogP) is 3.55. The number of methoxy groups -OCH3 is 1. The molecule has 0 unspecified atom stereocenters. The third-order valence-corrected chi connectivity index (χ3v) is 6.87. The fourth-order valence-corrected chi connectivity index (χ4v) is 5.06. The number of carbonyl (C=O) groups is 1. The van der Waals surface area contributed by atoms with E-state index in [2.05, 4.69) is 0 Å². The molecule has 0 amide bonds. The van der Waals surface area contributed by atoms with Crippen LogP contribution in [-0.4, -0.2) is 38.4 Å². The Hall–Kier alpha value is -2.09. The molecule has 1 saturated heterocycles. The quantitative estimate of drug-likeness (QED) is 0.664. The normalized spacial score (nSPS) is 17.5. The van der Waals surface area contributed by atoms with Gasteiger partial charge in [-0.15, -0.1) is 0 Å². The van der Waals surface area contributed by atoms with E-state index in [9.17, 15) is 13.2 Å². The minimum atomic E-state index is -3.77. The lowest BCUT2D eigenvalue weighted by atomic mass is 10.2. The molecule has 2 aromatic carbocycles. The Bertz CT molecular complexity index is 959. The number of nitrogens with zero attached hydrogens (tertiary/aromatic N) is 1. The Morgan fingerprint density at radius 2 is 1.93 bits per heavy atom. The summed E-state index contributed by atoms with van der Waals surface area (Å²) in [4.78, 5) is 12.8. The monoisotopic (exact) mass is 423 g/mol. The summed E-state index contributed by atoms with van der Waals surface area (Å²) >= 11 is 5.99. The van der Waals surface area contributed by atoms with Gasteiger partial charge in [-0.1, -0.05) is 29.3 Å². The van der Waals surface area contributed by atoms with Crippen molar-refractivity contribution in [2.75, 3.05) is 13.7 Å². The van der Waals surface area contributed by atoms with Crippen LogP contribution in [-0.2, 0) is 26.2 Å². The second-order valence-corrected chi connectivity index (χ2v) is 8.98. The average molecular weight is 424 g/mol. The maximum atomic E-state index is 13.0. The highest BCUT2D eigenvalue weighted by molar-refractivity contribution is 7.89. The molecular formula is C20H22ClNO5S. The van der Waals surface area contributed by atoms with E-state index in [4.69, 9.17) is 21.1 Å². The molecule has 0 bridgehead atoms. The van der Waals surface area contributed by atoms with Crippen molar-refractivity contribution >= 4 is 27.6 Å². The van der Waals surface area contributed by atoms with E-state index >= 15 is 0 Å². The minimum absolute atomic E-state index is 0.0442. The van der Waals surface area contributed by atoms with E-state index in [1.54, 1.807) is 42.5 Å². The molecule has 0 spiro atoms. The van der Waals surface area contributed by atoms with E-state index in [0.29, 0.717) is 29.2 Å². The second kappa shape index (κ2) is 8.51. The lowest BCUT2D eigenvalue weighted by Gasteiger charge is -2.23. The van der Waals surface area contributed by atoms with Gasteiger partial charge in [-0.25, -0.2) is 8.42 Å². The van der Waals surface area contributed by atoms with Gasteiger partial charge in [0.15, 0.2) is 0 Å². The van der Waals surface area contributed by atoms with Crippen LogP contribution >= 0.6 is 11.6 Å². The average Bonchev–Trinajstić information content (AvgIpc) is 3.17. The fourth-order valence-electron chi connectivity index (χ4n) is 3.21. The van der Waals surface area contributed by atoms with E-state index in [1.165, 1.54) is 11.4 Å². The lowest BCUT2D eigenvalue weighted by Crippen LogP contribution is -2.41. The summed E-state index contributed by atoms with van der Waals surface area (Å²) in [6.45, 7) is 2.13. The number of esters is 1. The molecular weight excluding hydrogens is 402 g/mol. The summed E-state index contributed by atoms with van der Waals surface area (Å²) < 4.78 is 37.8. The minimum Gasteiger partial charge on any atom is -0.496 e. The summed E-state index contributed by atoms with van der Waals surface area (Å²) in [6.07, 6.45) is 1.03. The Kier molecular flexibility index (Phi) is 6.27. The van der Waals surface area contributed by atoms with Crippen molar-refractivity contribution in [3.63, 3.8) is 0 Å². The van der Waals surface area contributed by atoms with Crippen LogP contribution in [0, 0.1) is 6.92 Å². The van der Waals surface area contributed by atoms with Gasteiger partial charge in [0.05, 0.1) is 12.0 Å². The molecule has 0 saturated carbocycles. The first-order valence-corrected chi connectivity index (χ1v) is 10.7. The first-order valence-electron chi connectivity index (χ1n) is 8.90. The molecule has 150 valence electrons. The highest BCUT2D eigenvalue weighted by Crippen LogP contribution is 2.28. The molecule has 1 aliphatic rings. The molecule has 1 fully saturated rings. The number of benzene rings is 2. The van der Waals surface area contributed by atoms with Crippen LogP contribution in [0.1, 0.15) is 24.0 Å². The van der Waals surface area contributed by atoms with Crippen molar-refractivity contribution in [3.8, 4) is 5.75 Å². The van der Waals surface area contributed by atoms with Gasteiger partial charge in [0.25, 0.3) is 0 Å². The van der Waals surface area contributed by atoms with Crippen molar-refractivity contribution in [2.24, 2.45) is 0 Å². The van der Waals surface area contributed by atoms with Gasteiger partial charge < -0.3 is 9.47 Å². The third-order valence-electron chi connectivity index (χ3n) is 4.72. The van der Waals surface area contributed by atoms with Gasteiger partial charge in [-0.05, 0) is 50.1 Å². The molecule has 1 atom stereocenters. The first-order chi connectivity index (χ1) is 13.3. The van der Waals surface area contributed by atoms with Gasteiger partial charge in [0.2, 0.25) is 10.0 Å². The fraction of sp³-hybridized carbons (Fsp3) is 0.350. The predicted molar refractivity (Wildman–Crippen MR) is 106 cm³/mol. The second-order valence-electron chi connectivity index (χ2n) is 6.65. The summed E-state index contributed by atoms with van der Waals surface area (Å²) in [6, 6.07) is 10.8. The van der Waals surface area contributed by atoms with Crippen LogP contribution in [0.5, 0.6) is 5.75 Å². The van der Waals surface area contributed by atoms with Crippen molar-refractivity contribution in [1.29, 1.82) is 0 Å². The molecule has 3 rings (SSSR count). The molecule has 0 radical (unpaired) electrons. The van der Waals surface area contributed by atoms with Crippen molar-refractivity contribution < 1.29 is 22.7 Å². The molecule has 2 aromatic rings. The highest BCUT2D eigenvalue weighted by atomic mass is 35.5. The number of ether oxygens (including phenoxy) is 2. The van der Waals surface area contributed by atoms with E-state index < -0.39 is 22.0 Å². The third kappa shape index (κ3) is 4.32. The van der Waals surface area contributed by atoms with Crippen molar-refractivity contribution in [3.05, 3.63) is 58.6 Å². The van der Waals surface area contributed by atoms with Crippen LogP contribution in [0.4, 0.5) is 0 Å². The van der Waals surface area contributed by atoms with Gasteiger partial charge in [-0.2, -0.15) is 4.31 Å². The van der Waals surface area contributed by atoms with Gasteiger partial charge in [-0.3, -0.25) is 4.79 Å². The maximum Gasteiger partial charge on any atom is 0.324 e. The van der Waals surface area contributed by atoms with Crippen LogP contribution in [0.3, 0.4) is 0 Å². The summed E-state index contributed by atoms with van der Waals surface area (Å²) in [5.41, 5.74) is 1.58. The Morgan fingerprint density at radius 1 is 1.21 bits per heavy atom. The highest BCUT2D eigenvalue weighted by Gasteiger charge is 2.40. The molecule has 8 heteroatoms. The molecule has 6 nitrogen and oxygen atoms in total. The molecule has 28 heavy (non-hydrogen) atoms. The lowest BCUT2D eigenvalue weighted by molar-refractivity contribution is -0.148. The van der Waals surface area contributed by atoms with Gasteiger partial charge in [0, 0.05) is 17.1 Å². The standard InChI is InChI=1S/C20H22ClNO5S/c1-14-5-8-17(9-6-14)28(24,25)22-11-3-4-18(22)20(23)27-13-15-12-16(21)7-10-19(15)26-2/h5-10,12,18H,3-4,11,13H2,1-2H3/t18-/m0/s1. The molecule has 0 aliphatic carbocycles. The van der Waals surface area contributed by atoms with Crippen LogP contribution in [0.2, 0.25) is 5.02 Å². The number of rotatable bonds is 6. The Labute approximate surface area is 170 Å². The molecule has 0 aromatic heterocycles. The molecule has 1 aliphatic heterocycles. The molecule has 0 N–H and O–H groups in total. The largest absolute Gasteiger partial charge is 0.496 e. The zero-order chi connectivity index (χ0) is 20.3. The van der Waals surface area contributed by atoms with Crippen molar-refractivity contribution in [2.45, 2.75) is 37.3 Å². The van der Waals surface area contributed by atoms with E-state index in [1.807, 2.05) is 6.92 Å². The summed E-state index contributed by atoms with van der Waals surface area (Å²) in [5.74, 6) is -0.0250. The number of halogens is 1. The van der Waals surface area contributed by atoms with E-state index in [0.717, 1.165) is 5.56 Å². The van der Waals surface area contributed by atoms with Crippen LogP contribution < -0.4 is 4.74 Å². The van der Waals surface area contributed by atoms with Gasteiger partial charge >= 0.3 is 5.97 Å². The summed E-state index contributed by atoms with van der Waals surface area (Å²) in [7, 11) is -2.25. The summed E-state index contributed by atoms with van der Waals surface area (Å²) in [5, 5.41) is 0.497. The Morgan fingerprint density at radius 3 is 2.61 bits per heavy atom. The smallest absolute Gasteiger partial charge is 0.324 e. The zero-order valence-electron chi connectivity index (χ0n) is 15.7. The first kappa shape index (κ1) is 20.6. The van der Waals surface area contributed by atoms with E-state index in [-0.39, 0.29) is 18.0 Å². The van der Waals surface area contributed by atoms with Gasteiger partial charge in [0.1, 0.15) is 18.4 Å². The maximum absolute atomic E-state index is 13.0. The number of aryl methyl sites for hydroxylation is 1. The SMILES string of the molecule is COc1ccc(Cl)cc1COC(=O)[C@@H]1CCCN1S(=O)(=O)c1ccc(C)cc1. The number of sulfonamides is 1. The number of carbonyl (C=O) groups excluding carboxylic acids is 1. The Balaban J connectivity index is 1.74. The molecule has 1 heterocycles. The van der Waals surface area contributed by atoms with Crippen molar-refractivity contribution in [1.82, 2.24) is 4.31 Å². The zero-order valence-corrected chi connectivity index (χ0v) is 17.3. The topological polar surface area (TPSA) is 72.9 Å². The van der Waals surface area contributed by atoms with Crippen LogP contribution in [0.15, 0.2) is 47.4 Å².